The number of aromatic nitrogens is 1. The number of carbonyl (C=O) groups is 1. The zero-order chi connectivity index (χ0) is 16.3. The third kappa shape index (κ3) is 3.72. The van der Waals surface area contributed by atoms with Crippen LogP contribution in [0.25, 0.3) is 11.3 Å². The van der Waals surface area contributed by atoms with E-state index in [1.807, 2.05) is 0 Å². The number of pyridine rings is 1. The fourth-order valence-electron chi connectivity index (χ4n) is 1.75. The predicted molar refractivity (Wildman–Crippen MR) is 67.7 cm³/mol. The van der Waals surface area contributed by atoms with Crippen LogP contribution >= 0.6 is 0 Å². The molecule has 116 valence electrons. The van der Waals surface area contributed by atoms with Gasteiger partial charge in [-0.15, -0.1) is 13.2 Å². The van der Waals surface area contributed by atoms with Gasteiger partial charge in [-0.3, -0.25) is 4.98 Å². The molecule has 0 unspecified atom stereocenters. The number of rotatable bonds is 3. The summed E-state index contributed by atoms with van der Waals surface area (Å²) in [4.78, 5) is 15.4. The number of halogens is 4. The first-order valence-corrected chi connectivity index (χ1v) is 5.90. The molecule has 8 heteroatoms. The van der Waals surface area contributed by atoms with Crippen molar-refractivity contribution < 1.29 is 31.8 Å². The van der Waals surface area contributed by atoms with E-state index < -0.39 is 23.9 Å². The van der Waals surface area contributed by atoms with Crippen LogP contribution in [0, 0.1) is 5.82 Å². The largest absolute Gasteiger partial charge is 0.573 e. The third-order valence-corrected chi connectivity index (χ3v) is 2.62. The Labute approximate surface area is 122 Å². The summed E-state index contributed by atoms with van der Waals surface area (Å²) >= 11 is 0. The maximum absolute atomic E-state index is 13.2. The molecular weight excluding hydrogens is 306 g/mol. The van der Waals surface area contributed by atoms with Gasteiger partial charge in [0.1, 0.15) is 11.6 Å². The van der Waals surface area contributed by atoms with E-state index >= 15 is 0 Å². The lowest BCUT2D eigenvalue weighted by molar-refractivity contribution is -0.274. The SMILES string of the molecule is COC(=O)c1cc(F)cnc1-c1ccc(OC(F)(F)F)cc1. The van der Waals surface area contributed by atoms with Gasteiger partial charge >= 0.3 is 12.3 Å². The summed E-state index contributed by atoms with van der Waals surface area (Å²) in [6.07, 6.45) is -3.91. The van der Waals surface area contributed by atoms with Gasteiger partial charge in [-0.2, -0.15) is 0 Å². The summed E-state index contributed by atoms with van der Waals surface area (Å²) in [6.45, 7) is 0. The standard InChI is InChI=1S/C14H9F4NO3/c1-21-13(20)11-6-9(15)7-19-12(11)8-2-4-10(5-3-8)22-14(16,17)18/h2-7H,1H3. The smallest absolute Gasteiger partial charge is 0.465 e. The van der Waals surface area contributed by atoms with Crippen molar-refractivity contribution >= 4 is 5.97 Å². The molecule has 0 aliphatic rings. The summed E-state index contributed by atoms with van der Waals surface area (Å²) in [6, 6.07) is 5.61. The van der Waals surface area contributed by atoms with E-state index in [-0.39, 0.29) is 11.3 Å². The van der Waals surface area contributed by atoms with Crippen LogP contribution in [0.3, 0.4) is 0 Å². The molecule has 0 aliphatic heterocycles. The van der Waals surface area contributed by atoms with E-state index in [2.05, 4.69) is 14.5 Å². The molecule has 22 heavy (non-hydrogen) atoms. The second-order valence-corrected chi connectivity index (χ2v) is 4.11. The first-order chi connectivity index (χ1) is 10.3. The molecule has 0 fully saturated rings. The highest BCUT2D eigenvalue weighted by Gasteiger charge is 2.31. The topological polar surface area (TPSA) is 48.4 Å². The van der Waals surface area contributed by atoms with Crippen molar-refractivity contribution in [3.63, 3.8) is 0 Å². The number of hydrogen-bond acceptors (Lipinski definition) is 4. The number of carbonyl (C=O) groups excluding carboxylic acids is 1. The van der Waals surface area contributed by atoms with Gasteiger partial charge in [0.25, 0.3) is 0 Å². The van der Waals surface area contributed by atoms with Gasteiger partial charge in [-0.25, -0.2) is 9.18 Å². The molecule has 0 atom stereocenters. The molecule has 4 nitrogen and oxygen atoms in total. The van der Waals surface area contributed by atoms with E-state index in [1.165, 1.54) is 12.1 Å². The molecule has 0 amide bonds. The minimum Gasteiger partial charge on any atom is -0.465 e. The van der Waals surface area contributed by atoms with Crippen molar-refractivity contribution in [1.82, 2.24) is 4.98 Å². The van der Waals surface area contributed by atoms with Gasteiger partial charge in [0.05, 0.1) is 24.6 Å². The summed E-state index contributed by atoms with van der Waals surface area (Å²) < 4.78 is 57.7. The van der Waals surface area contributed by atoms with E-state index in [9.17, 15) is 22.4 Å². The minimum absolute atomic E-state index is 0.0896. The van der Waals surface area contributed by atoms with Crippen LogP contribution in [0.1, 0.15) is 10.4 Å². The van der Waals surface area contributed by atoms with Crippen molar-refractivity contribution in [1.29, 1.82) is 0 Å². The minimum atomic E-state index is -4.80. The molecule has 0 radical (unpaired) electrons. The molecular formula is C14H9F4NO3. The number of esters is 1. The van der Waals surface area contributed by atoms with Gasteiger partial charge in [-0.1, -0.05) is 0 Å². The van der Waals surface area contributed by atoms with Crippen LogP contribution < -0.4 is 4.74 Å². The number of methoxy groups -OCH3 is 1. The van der Waals surface area contributed by atoms with Gasteiger partial charge < -0.3 is 9.47 Å². The van der Waals surface area contributed by atoms with Crippen LogP contribution in [0.5, 0.6) is 5.75 Å². The maximum atomic E-state index is 13.2. The van der Waals surface area contributed by atoms with Crippen LogP contribution in [0.2, 0.25) is 0 Å². The lowest BCUT2D eigenvalue weighted by Gasteiger charge is -2.10. The van der Waals surface area contributed by atoms with E-state index in [1.54, 1.807) is 0 Å². The highest BCUT2D eigenvalue weighted by molar-refractivity contribution is 5.96. The van der Waals surface area contributed by atoms with Crippen molar-refractivity contribution in [2.24, 2.45) is 0 Å². The molecule has 0 saturated heterocycles. The van der Waals surface area contributed by atoms with Gasteiger partial charge in [0.15, 0.2) is 0 Å². The Bertz CT molecular complexity index is 683. The van der Waals surface area contributed by atoms with E-state index in [4.69, 9.17) is 0 Å². The van der Waals surface area contributed by atoms with Crippen molar-refractivity contribution in [3.8, 4) is 17.0 Å². The molecule has 0 aliphatic carbocycles. The number of alkyl halides is 3. The number of hydrogen-bond donors (Lipinski definition) is 0. The number of benzene rings is 1. The Morgan fingerprint density at radius 1 is 1.18 bits per heavy atom. The molecule has 2 aromatic rings. The highest BCUT2D eigenvalue weighted by atomic mass is 19.4. The molecule has 1 heterocycles. The molecule has 0 saturated carbocycles. The number of ether oxygens (including phenoxy) is 2. The van der Waals surface area contributed by atoms with E-state index in [0.717, 1.165) is 31.5 Å². The molecule has 0 N–H and O–H groups in total. The fourth-order valence-corrected chi connectivity index (χ4v) is 1.75. The summed E-state index contributed by atoms with van der Waals surface area (Å²) in [5, 5.41) is 0. The molecule has 0 spiro atoms. The van der Waals surface area contributed by atoms with Crippen LogP contribution in [0.15, 0.2) is 36.5 Å². The molecule has 2 rings (SSSR count). The van der Waals surface area contributed by atoms with Gasteiger partial charge in [0, 0.05) is 5.56 Å². The third-order valence-electron chi connectivity index (χ3n) is 2.62. The maximum Gasteiger partial charge on any atom is 0.573 e. The van der Waals surface area contributed by atoms with E-state index in [0.29, 0.717) is 5.56 Å². The fraction of sp³-hybridized carbons (Fsp3) is 0.143. The number of nitrogens with zero attached hydrogens (tertiary/aromatic N) is 1. The quantitative estimate of drug-likeness (QED) is 0.642. The average Bonchev–Trinajstić information content (AvgIpc) is 2.46. The zero-order valence-electron chi connectivity index (χ0n) is 11.1. The molecule has 1 aromatic heterocycles. The predicted octanol–water partition coefficient (Wildman–Crippen LogP) is 3.57. The normalized spacial score (nSPS) is 11.1. The van der Waals surface area contributed by atoms with Crippen LogP contribution in [-0.4, -0.2) is 24.4 Å². The summed E-state index contributed by atoms with van der Waals surface area (Å²) in [5.74, 6) is -1.96. The highest BCUT2D eigenvalue weighted by Crippen LogP contribution is 2.27. The molecule has 1 aromatic carbocycles. The monoisotopic (exact) mass is 315 g/mol. The second-order valence-electron chi connectivity index (χ2n) is 4.11. The van der Waals surface area contributed by atoms with Crippen molar-refractivity contribution in [2.45, 2.75) is 6.36 Å². The van der Waals surface area contributed by atoms with Gasteiger partial charge in [-0.05, 0) is 30.3 Å². The first kappa shape index (κ1) is 15.7. The molecule has 0 bridgehead atoms. The van der Waals surface area contributed by atoms with Gasteiger partial charge in [0.2, 0.25) is 0 Å². The lowest BCUT2D eigenvalue weighted by atomic mass is 10.1. The van der Waals surface area contributed by atoms with Crippen molar-refractivity contribution in [2.75, 3.05) is 7.11 Å². The van der Waals surface area contributed by atoms with Crippen molar-refractivity contribution in [3.05, 3.63) is 47.9 Å². The zero-order valence-corrected chi connectivity index (χ0v) is 11.1. The Morgan fingerprint density at radius 2 is 1.82 bits per heavy atom. The first-order valence-electron chi connectivity index (χ1n) is 5.90. The summed E-state index contributed by atoms with van der Waals surface area (Å²) in [5.41, 5.74) is 0.272. The summed E-state index contributed by atoms with van der Waals surface area (Å²) in [7, 11) is 1.12. The Kier molecular flexibility index (Phi) is 4.30. The Hall–Kier alpha value is -2.64. The van der Waals surface area contributed by atoms with Crippen LogP contribution in [0.4, 0.5) is 17.6 Å². The van der Waals surface area contributed by atoms with Crippen LogP contribution in [-0.2, 0) is 4.74 Å². The Morgan fingerprint density at radius 3 is 2.36 bits per heavy atom. The second kappa shape index (κ2) is 6.00. The Balaban J connectivity index is 2.38. The average molecular weight is 315 g/mol. The lowest BCUT2D eigenvalue weighted by Crippen LogP contribution is -2.17.